The molecular weight excluding hydrogens is 224 g/mol. The summed E-state index contributed by atoms with van der Waals surface area (Å²) in [7, 11) is 0. The molecule has 13 heavy (non-hydrogen) atoms. The van der Waals surface area contributed by atoms with Crippen LogP contribution in [0.15, 0.2) is 35.3 Å². The van der Waals surface area contributed by atoms with Crippen LogP contribution in [0.1, 0.15) is 24.5 Å². The molecule has 0 aromatic heterocycles. The van der Waals surface area contributed by atoms with E-state index in [0.717, 1.165) is 10.9 Å². The Bertz CT molecular complexity index is 272. The molecule has 0 fully saturated rings. The fraction of sp³-hybridized carbons (Fsp3) is 0.333. The van der Waals surface area contributed by atoms with Gasteiger partial charge in [0, 0.05) is 6.42 Å². The Hall–Kier alpha value is -0.560. The summed E-state index contributed by atoms with van der Waals surface area (Å²) in [6.07, 6.45) is 3.31. The molecule has 0 radical (unpaired) electrons. The fourth-order valence-electron chi connectivity index (χ4n) is 1.33. The lowest BCUT2D eigenvalue weighted by atomic mass is 10.1. The van der Waals surface area contributed by atoms with Gasteiger partial charge in [-0.15, -0.1) is 0 Å². The summed E-state index contributed by atoms with van der Waals surface area (Å²) in [5.74, 6) is 0. The zero-order valence-corrected chi connectivity index (χ0v) is 9.60. The minimum absolute atomic E-state index is 0.923. The smallest absolute Gasteiger partial charge is 0.00347 e. The fourth-order valence-corrected chi connectivity index (χ4v) is 1.66. The molecule has 0 saturated carbocycles. The van der Waals surface area contributed by atoms with E-state index in [9.17, 15) is 0 Å². The molecule has 0 N–H and O–H groups in total. The Balaban J connectivity index is 2.64. The van der Waals surface area contributed by atoms with E-state index >= 15 is 0 Å². The molecule has 1 rings (SSSR count). The van der Waals surface area contributed by atoms with Gasteiger partial charge in [0.25, 0.3) is 0 Å². The number of rotatable bonds is 4. The van der Waals surface area contributed by atoms with Crippen LogP contribution < -0.4 is 0 Å². The Morgan fingerprint density at radius 1 is 1.23 bits per heavy atom. The highest BCUT2D eigenvalue weighted by atomic mass is 79.9. The molecule has 1 heteroatoms. The van der Waals surface area contributed by atoms with Crippen molar-refractivity contribution in [2.24, 2.45) is 0 Å². The molecule has 0 saturated heterocycles. The minimum Gasteiger partial charge on any atom is -0.0885 e. The minimum atomic E-state index is 0.923. The molecule has 0 amide bonds. The van der Waals surface area contributed by atoms with Crippen LogP contribution in [0.3, 0.4) is 0 Å². The van der Waals surface area contributed by atoms with Gasteiger partial charge in [0.05, 0.1) is 0 Å². The lowest BCUT2D eigenvalue weighted by Gasteiger charge is -2.01. The number of hydrogen-bond donors (Lipinski definition) is 0. The first-order valence-electron chi connectivity index (χ1n) is 4.63. The standard InChI is InChI=1S/C12H15Br/c1-3-4-11-5-7-12(8-6-11)9-10(2)13/h5-8H,2-4,9H2,1H3. The predicted molar refractivity (Wildman–Crippen MR) is 62.2 cm³/mol. The van der Waals surface area contributed by atoms with Crippen molar-refractivity contribution < 1.29 is 0 Å². The van der Waals surface area contributed by atoms with Crippen LogP contribution in [0.25, 0.3) is 0 Å². The Morgan fingerprint density at radius 3 is 2.23 bits per heavy atom. The summed E-state index contributed by atoms with van der Waals surface area (Å²) in [6, 6.07) is 8.76. The van der Waals surface area contributed by atoms with Crippen LogP contribution in [-0.4, -0.2) is 0 Å². The van der Waals surface area contributed by atoms with E-state index in [-0.39, 0.29) is 0 Å². The third-order valence-corrected chi connectivity index (χ3v) is 2.24. The van der Waals surface area contributed by atoms with Gasteiger partial charge in [-0.3, -0.25) is 0 Å². The van der Waals surface area contributed by atoms with Crippen LogP contribution in [0.5, 0.6) is 0 Å². The van der Waals surface area contributed by atoms with Crippen molar-refractivity contribution in [1.82, 2.24) is 0 Å². The summed E-state index contributed by atoms with van der Waals surface area (Å²) in [5.41, 5.74) is 2.74. The number of benzene rings is 1. The second-order valence-corrected chi connectivity index (χ2v) is 4.38. The average molecular weight is 239 g/mol. The van der Waals surface area contributed by atoms with Crippen molar-refractivity contribution in [2.45, 2.75) is 26.2 Å². The molecule has 1 aromatic rings. The molecular formula is C12H15Br. The van der Waals surface area contributed by atoms with Crippen molar-refractivity contribution in [3.05, 3.63) is 46.5 Å². The van der Waals surface area contributed by atoms with E-state index in [0.29, 0.717) is 0 Å². The van der Waals surface area contributed by atoms with Gasteiger partial charge >= 0.3 is 0 Å². The summed E-state index contributed by atoms with van der Waals surface area (Å²) in [6.45, 7) is 6.03. The first-order valence-corrected chi connectivity index (χ1v) is 5.42. The van der Waals surface area contributed by atoms with Crippen LogP contribution in [0.4, 0.5) is 0 Å². The molecule has 0 atom stereocenters. The number of allylic oxidation sites excluding steroid dienone is 1. The van der Waals surface area contributed by atoms with Gasteiger partial charge in [0.1, 0.15) is 0 Å². The topological polar surface area (TPSA) is 0 Å². The summed E-state index contributed by atoms with van der Waals surface area (Å²) in [4.78, 5) is 0. The molecule has 0 aliphatic carbocycles. The maximum absolute atomic E-state index is 3.83. The van der Waals surface area contributed by atoms with Gasteiger partial charge in [-0.05, 0) is 22.0 Å². The summed E-state index contributed by atoms with van der Waals surface area (Å²) < 4.78 is 1.04. The van der Waals surface area contributed by atoms with E-state index in [4.69, 9.17) is 0 Å². The first-order chi connectivity index (χ1) is 6.22. The average Bonchev–Trinajstić information content (AvgIpc) is 2.08. The van der Waals surface area contributed by atoms with Crippen molar-refractivity contribution in [3.8, 4) is 0 Å². The zero-order chi connectivity index (χ0) is 9.68. The maximum Gasteiger partial charge on any atom is 0.00347 e. The summed E-state index contributed by atoms with van der Waals surface area (Å²) >= 11 is 3.37. The molecule has 0 bridgehead atoms. The summed E-state index contributed by atoms with van der Waals surface area (Å²) in [5, 5.41) is 0. The maximum atomic E-state index is 3.83. The molecule has 0 aliphatic rings. The normalized spacial score (nSPS) is 10.0. The van der Waals surface area contributed by atoms with Crippen LogP contribution >= 0.6 is 15.9 Å². The molecule has 70 valence electrons. The second kappa shape index (κ2) is 5.23. The van der Waals surface area contributed by atoms with Crippen LogP contribution in [0, 0.1) is 0 Å². The number of aryl methyl sites for hydroxylation is 1. The van der Waals surface area contributed by atoms with E-state index in [1.165, 1.54) is 24.0 Å². The third kappa shape index (κ3) is 3.77. The molecule has 0 nitrogen and oxygen atoms in total. The second-order valence-electron chi connectivity index (χ2n) is 3.26. The van der Waals surface area contributed by atoms with Crippen LogP contribution in [0.2, 0.25) is 0 Å². The van der Waals surface area contributed by atoms with Crippen molar-refractivity contribution in [1.29, 1.82) is 0 Å². The number of hydrogen-bond acceptors (Lipinski definition) is 0. The Kier molecular flexibility index (Phi) is 4.23. The van der Waals surface area contributed by atoms with E-state index in [1.807, 2.05) is 0 Å². The van der Waals surface area contributed by atoms with E-state index < -0.39 is 0 Å². The van der Waals surface area contributed by atoms with Gasteiger partial charge in [-0.2, -0.15) is 0 Å². The first kappa shape index (κ1) is 10.5. The largest absolute Gasteiger partial charge is 0.0885 e. The third-order valence-electron chi connectivity index (χ3n) is 1.96. The van der Waals surface area contributed by atoms with Gasteiger partial charge < -0.3 is 0 Å². The van der Waals surface area contributed by atoms with E-state index in [2.05, 4.69) is 53.7 Å². The monoisotopic (exact) mass is 238 g/mol. The van der Waals surface area contributed by atoms with Crippen molar-refractivity contribution in [3.63, 3.8) is 0 Å². The Morgan fingerprint density at radius 2 is 1.77 bits per heavy atom. The lowest BCUT2D eigenvalue weighted by Crippen LogP contribution is -1.86. The highest BCUT2D eigenvalue weighted by Crippen LogP contribution is 2.13. The SMILES string of the molecule is C=C(Br)Cc1ccc(CCC)cc1. The molecule has 0 aliphatic heterocycles. The van der Waals surface area contributed by atoms with Gasteiger partial charge in [-0.25, -0.2) is 0 Å². The highest BCUT2D eigenvalue weighted by Gasteiger charge is 1.94. The predicted octanol–water partition coefficient (Wildman–Crippen LogP) is 4.09. The number of halogens is 1. The zero-order valence-electron chi connectivity index (χ0n) is 8.02. The molecule has 0 unspecified atom stereocenters. The van der Waals surface area contributed by atoms with Crippen molar-refractivity contribution in [2.75, 3.05) is 0 Å². The van der Waals surface area contributed by atoms with Crippen LogP contribution in [-0.2, 0) is 12.8 Å². The molecule has 0 heterocycles. The molecule has 0 spiro atoms. The van der Waals surface area contributed by atoms with Gasteiger partial charge in [-0.1, -0.05) is 60.1 Å². The van der Waals surface area contributed by atoms with Gasteiger partial charge in [0.15, 0.2) is 0 Å². The van der Waals surface area contributed by atoms with Crippen molar-refractivity contribution >= 4 is 15.9 Å². The molecule has 1 aromatic carbocycles. The quantitative estimate of drug-likeness (QED) is 0.742. The Labute approximate surface area is 88.8 Å². The van der Waals surface area contributed by atoms with Gasteiger partial charge in [0.2, 0.25) is 0 Å². The van der Waals surface area contributed by atoms with E-state index in [1.54, 1.807) is 0 Å². The lowest BCUT2D eigenvalue weighted by molar-refractivity contribution is 0.920. The highest BCUT2D eigenvalue weighted by molar-refractivity contribution is 9.11.